The zero-order valence-electron chi connectivity index (χ0n) is 8.97. The van der Waals surface area contributed by atoms with Crippen LogP contribution in [0.5, 0.6) is 0 Å². The first-order valence-electron chi connectivity index (χ1n) is 5.07. The van der Waals surface area contributed by atoms with Gasteiger partial charge < -0.3 is 15.1 Å². The summed E-state index contributed by atoms with van der Waals surface area (Å²) in [4.78, 5) is 24.9. The molecule has 2 atom stereocenters. The number of halogens is 2. The first kappa shape index (κ1) is 14.0. The summed E-state index contributed by atoms with van der Waals surface area (Å²) >= 11 is 7.79. The van der Waals surface area contributed by atoms with Crippen molar-refractivity contribution in [2.24, 2.45) is 0 Å². The molecular formula is C10H9Br2NO4S. The summed E-state index contributed by atoms with van der Waals surface area (Å²) < 4.78 is 1.53. The Labute approximate surface area is 124 Å². The Morgan fingerprint density at radius 3 is 2.61 bits per heavy atom. The summed E-state index contributed by atoms with van der Waals surface area (Å²) in [5.74, 6) is -1.45. The SMILES string of the molecule is O=C(O)[C@@H]1CC(O)CN1C(=O)c1cc(Br)c(Br)s1. The molecule has 1 amide bonds. The number of amides is 1. The number of hydrogen-bond acceptors (Lipinski definition) is 4. The van der Waals surface area contributed by atoms with Crippen molar-refractivity contribution >= 4 is 55.1 Å². The summed E-state index contributed by atoms with van der Waals surface area (Å²) in [7, 11) is 0. The average molecular weight is 399 g/mol. The van der Waals surface area contributed by atoms with E-state index in [-0.39, 0.29) is 18.9 Å². The highest BCUT2D eigenvalue weighted by Gasteiger charge is 2.39. The molecule has 1 unspecified atom stereocenters. The van der Waals surface area contributed by atoms with Crippen LogP contribution in [0.1, 0.15) is 16.1 Å². The number of nitrogens with zero attached hydrogens (tertiary/aromatic N) is 1. The van der Waals surface area contributed by atoms with Gasteiger partial charge in [0.1, 0.15) is 6.04 Å². The van der Waals surface area contributed by atoms with Crippen molar-refractivity contribution < 1.29 is 19.8 Å². The number of aliphatic hydroxyl groups excluding tert-OH is 1. The van der Waals surface area contributed by atoms with E-state index >= 15 is 0 Å². The Morgan fingerprint density at radius 1 is 1.44 bits per heavy atom. The number of aliphatic carboxylic acids is 1. The Bertz CT molecular complexity index is 485. The standard InChI is InChI=1S/C10H9Br2NO4S/c11-5-2-7(18-8(5)12)9(15)13-3-4(14)1-6(13)10(16)17/h2,4,6,14H,1,3H2,(H,16,17)/t4?,6-/m0/s1. The molecule has 1 aromatic rings. The molecule has 0 aliphatic carbocycles. The number of β-amino-alcohol motifs (C(OH)–C–C–N with tert-alkyl or cyclic N) is 1. The second kappa shape index (κ2) is 5.28. The summed E-state index contributed by atoms with van der Waals surface area (Å²) in [6.07, 6.45) is -0.698. The van der Waals surface area contributed by atoms with Crippen LogP contribution in [0.3, 0.4) is 0 Å². The molecule has 0 bridgehead atoms. The van der Waals surface area contributed by atoms with Crippen molar-refractivity contribution in [3.05, 3.63) is 19.2 Å². The van der Waals surface area contributed by atoms with Gasteiger partial charge in [-0.2, -0.15) is 0 Å². The molecule has 98 valence electrons. The molecule has 2 heterocycles. The summed E-state index contributed by atoms with van der Waals surface area (Å²) in [6.45, 7) is 0.0585. The predicted octanol–water partition coefficient (Wildman–Crippen LogP) is 1.93. The second-order valence-electron chi connectivity index (χ2n) is 3.93. The van der Waals surface area contributed by atoms with Gasteiger partial charge in [-0.1, -0.05) is 0 Å². The summed E-state index contributed by atoms with van der Waals surface area (Å²) in [5.41, 5.74) is 0. The molecule has 2 rings (SSSR count). The maximum Gasteiger partial charge on any atom is 0.326 e. The topological polar surface area (TPSA) is 77.8 Å². The van der Waals surface area contributed by atoms with E-state index in [1.165, 1.54) is 16.2 Å². The fraction of sp³-hybridized carbons (Fsp3) is 0.400. The van der Waals surface area contributed by atoms with Gasteiger partial charge in [0.25, 0.3) is 5.91 Å². The highest BCUT2D eigenvalue weighted by molar-refractivity contribution is 9.13. The highest BCUT2D eigenvalue weighted by Crippen LogP contribution is 2.34. The smallest absolute Gasteiger partial charge is 0.326 e. The van der Waals surface area contributed by atoms with Gasteiger partial charge in [-0.3, -0.25) is 4.79 Å². The molecule has 1 fully saturated rings. The van der Waals surface area contributed by atoms with Crippen LogP contribution in [0.25, 0.3) is 0 Å². The summed E-state index contributed by atoms with van der Waals surface area (Å²) in [6, 6.07) is 0.688. The number of thiophene rings is 1. The van der Waals surface area contributed by atoms with Crippen LogP contribution >= 0.6 is 43.2 Å². The number of likely N-dealkylation sites (tertiary alicyclic amines) is 1. The van der Waals surface area contributed by atoms with Crippen LogP contribution in [-0.4, -0.2) is 45.7 Å². The fourth-order valence-electron chi connectivity index (χ4n) is 1.87. The zero-order chi connectivity index (χ0) is 13.4. The van der Waals surface area contributed by atoms with E-state index in [1.807, 2.05) is 0 Å². The lowest BCUT2D eigenvalue weighted by atomic mass is 10.2. The fourth-order valence-corrected chi connectivity index (χ4v) is 3.86. The minimum Gasteiger partial charge on any atom is -0.480 e. The van der Waals surface area contributed by atoms with Crippen molar-refractivity contribution in [3.8, 4) is 0 Å². The number of aliphatic hydroxyl groups is 1. The predicted molar refractivity (Wildman–Crippen MR) is 72.8 cm³/mol. The molecule has 0 aromatic carbocycles. The van der Waals surface area contributed by atoms with Crippen molar-refractivity contribution in [1.82, 2.24) is 4.90 Å². The van der Waals surface area contributed by atoms with E-state index in [4.69, 9.17) is 5.11 Å². The molecule has 1 aromatic heterocycles. The number of carboxylic acids is 1. The Balaban J connectivity index is 2.25. The monoisotopic (exact) mass is 397 g/mol. The number of carboxylic acid groups (broad SMARTS) is 1. The Morgan fingerprint density at radius 2 is 2.11 bits per heavy atom. The quantitative estimate of drug-likeness (QED) is 0.797. The molecule has 18 heavy (non-hydrogen) atoms. The maximum absolute atomic E-state index is 12.2. The highest BCUT2D eigenvalue weighted by atomic mass is 79.9. The molecule has 2 N–H and O–H groups in total. The third-order valence-electron chi connectivity index (χ3n) is 2.68. The molecule has 1 saturated heterocycles. The lowest BCUT2D eigenvalue weighted by Gasteiger charge is -2.20. The lowest BCUT2D eigenvalue weighted by molar-refractivity contribution is -0.141. The lowest BCUT2D eigenvalue weighted by Crippen LogP contribution is -2.40. The van der Waals surface area contributed by atoms with Gasteiger partial charge in [0.15, 0.2) is 0 Å². The van der Waals surface area contributed by atoms with Gasteiger partial charge in [0, 0.05) is 17.4 Å². The van der Waals surface area contributed by atoms with Crippen LogP contribution in [0.2, 0.25) is 0 Å². The zero-order valence-corrected chi connectivity index (χ0v) is 13.0. The van der Waals surface area contributed by atoms with E-state index in [2.05, 4.69) is 31.9 Å². The van der Waals surface area contributed by atoms with Crippen molar-refractivity contribution in [2.45, 2.75) is 18.6 Å². The molecular weight excluding hydrogens is 390 g/mol. The molecule has 0 radical (unpaired) electrons. The number of carbonyl (C=O) groups excluding carboxylic acids is 1. The van der Waals surface area contributed by atoms with Crippen LogP contribution in [-0.2, 0) is 4.79 Å². The van der Waals surface area contributed by atoms with E-state index in [0.717, 1.165) is 8.26 Å². The van der Waals surface area contributed by atoms with Gasteiger partial charge in [-0.05, 0) is 37.9 Å². The number of carbonyl (C=O) groups is 2. The Hall–Kier alpha value is -0.440. The minimum absolute atomic E-state index is 0.0585. The van der Waals surface area contributed by atoms with Crippen LogP contribution in [0.15, 0.2) is 14.3 Å². The van der Waals surface area contributed by atoms with Crippen molar-refractivity contribution in [3.63, 3.8) is 0 Å². The van der Waals surface area contributed by atoms with Gasteiger partial charge in [0.2, 0.25) is 0 Å². The normalized spacial score (nSPS) is 23.4. The first-order chi connectivity index (χ1) is 8.40. The molecule has 0 saturated carbocycles. The molecule has 0 spiro atoms. The Kier molecular flexibility index (Phi) is 4.10. The average Bonchev–Trinajstić information content (AvgIpc) is 2.82. The molecule has 5 nitrogen and oxygen atoms in total. The number of rotatable bonds is 2. The van der Waals surface area contributed by atoms with Gasteiger partial charge in [0.05, 0.1) is 14.8 Å². The summed E-state index contributed by atoms with van der Waals surface area (Å²) in [5, 5.41) is 18.5. The van der Waals surface area contributed by atoms with Crippen molar-refractivity contribution in [2.75, 3.05) is 6.54 Å². The van der Waals surface area contributed by atoms with E-state index in [0.29, 0.717) is 4.88 Å². The number of hydrogen-bond donors (Lipinski definition) is 2. The van der Waals surface area contributed by atoms with Crippen LogP contribution in [0, 0.1) is 0 Å². The minimum atomic E-state index is -1.09. The van der Waals surface area contributed by atoms with E-state index in [9.17, 15) is 14.7 Å². The van der Waals surface area contributed by atoms with Gasteiger partial charge in [-0.25, -0.2) is 4.79 Å². The third kappa shape index (κ3) is 2.61. The molecule has 1 aliphatic heterocycles. The van der Waals surface area contributed by atoms with Crippen LogP contribution in [0.4, 0.5) is 0 Å². The maximum atomic E-state index is 12.2. The van der Waals surface area contributed by atoms with Crippen LogP contribution < -0.4 is 0 Å². The second-order valence-corrected chi connectivity index (χ2v) is 7.16. The van der Waals surface area contributed by atoms with E-state index < -0.39 is 18.1 Å². The first-order valence-corrected chi connectivity index (χ1v) is 7.47. The molecule has 1 aliphatic rings. The van der Waals surface area contributed by atoms with Gasteiger partial charge in [-0.15, -0.1) is 11.3 Å². The van der Waals surface area contributed by atoms with Crippen molar-refractivity contribution in [1.29, 1.82) is 0 Å². The third-order valence-corrected chi connectivity index (χ3v) is 5.93. The van der Waals surface area contributed by atoms with Gasteiger partial charge >= 0.3 is 5.97 Å². The van der Waals surface area contributed by atoms with E-state index in [1.54, 1.807) is 6.07 Å². The largest absolute Gasteiger partial charge is 0.480 e. The molecule has 8 heteroatoms.